The van der Waals surface area contributed by atoms with Crippen molar-refractivity contribution in [3.05, 3.63) is 23.8 Å². The summed E-state index contributed by atoms with van der Waals surface area (Å²) >= 11 is 0. The van der Waals surface area contributed by atoms with Crippen molar-refractivity contribution in [2.75, 3.05) is 53.1 Å². The van der Waals surface area contributed by atoms with Gasteiger partial charge in [0.25, 0.3) is 0 Å². The summed E-state index contributed by atoms with van der Waals surface area (Å²) in [5.74, 6) is 1.71. The van der Waals surface area contributed by atoms with Gasteiger partial charge in [-0.25, -0.2) is 0 Å². The van der Waals surface area contributed by atoms with Crippen molar-refractivity contribution in [2.24, 2.45) is 0 Å². The molecular formula is C16H24N2O3. The second-order valence-electron chi connectivity index (χ2n) is 5.51. The van der Waals surface area contributed by atoms with Crippen molar-refractivity contribution in [3.63, 3.8) is 0 Å². The van der Waals surface area contributed by atoms with Crippen LogP contribution in [0.1, 0.15) is 18.0 Å². The molecule has 0 amide bonds. The zero-order valence-electron chi connectivity index (χ0n) is 12.6. The molecule has 1 atom stereocenters. The maximum absolute atomic E-state index is 5.68. The van der Waals surface area contributed by atoms with Crippen LogP contribution in [-0.4, -0.2) is 58.0 Å². The molecule has 1 aromatic rings. The van der Waals surface area contributed by atoms with Crippen molar-refractivity contribution in [1.29, 1.82) is 0 Å². The summed E-state index contributed by atoms with van der Waals surface area (Å²) < 4.78 is 16.8. The normalized spacial score (nSPS) is 20.8. The Balaban J connectivity index is 1.70. The fourth-order valence-electron chi connectivity index (χ4n) is 2.88. The van der Waals surface area contributed by atoms with E-state index < -0.39 is 0 Å². The van der Waals surface area contributed by atoms with Crippen LogP contribution in [0.25, 0.3) is 0 Å². The van der Waals surface area contributed by atoms with Crippen LogP contribution in [0.15, 0.2) is 18.2 Å². The van der Waals surface area contributed by atoms with Gasteiger partial charge in [-0.1, -0.05) is 6.07 Å². The lowest BCUT2D eigenvalue weighted by Crippen LogP contribution is -2.35. The second-order valence-corrected chi connectivity index (χ2v) is 5.51. The van der Waals surface area contributed by atoms with Crippen LogP contribution >= 0.6 is 0 Å². The molecule has 1 saturated heterocycles. The van der Waals surface area contributed by atoms with Gasteiger partial charge in [0.05, 0.1) is 6.61 Å². The van der Waals surface area contributed by atoms with Crippen molar-refractivity contribution in [3.8, 4) is 11.5 Å². The average molecular weight is 292 g/mol. The molecule has 116 valence electrons. The molecular weight excluding hydrogens is 268 g/mol. The Morgan fingerprint density at radius 3 is 2.81 bits per heavy atom. The minimum Gasteiger partial charge on any atom is -0.486 e. The zero-order valence-corrected chi connectivity index (χ0v) is 12.6. The van der Waals surface area contributed by atoms with Gasteiger partial charge in [-0.05, 0) is 31.2 Å². The van der Waals surface area contributed by atoms with Crippen LogP contribution in [0.5, 0.6) is 11.5 Å². The number of likely N-dealkylation sites (N-methyl/N-ethyl adjacent to an activating group) is 1. The van der Waals surface area contributed by atoms with Gasteiger partial charge in [-0.3, -0.25) is 4.90 Å². The first-order chi connectivity index (χ1) is 10.4. The molecule has 0 bridgehead atoms. The van der Waals surface area contributed by atoms with Crippen LogP contribution in [0.4, 0.5) is 0 Å². The fraction of sp³-hybridized carbons (Fsp3) is 0.625. The zero-order chi connectivity index (χ0) is 14.5. The highest BCUT2D eigenvalue weighted by molar-refractivity contribution is 5.44. The molecule has 2 aliphatic rings. The predicted octanol–water partition coefficient (Wildman–Crippen LogP) is 1.44. The Hall–Kier alpha value is -1.30. The van der Waals surface area contributed by atoms with Crippen molar-refractivity contribution >= 4 is 0 Å². The SMILES string of the molecule is CNC(CN1CCCOCC1)c1ccc2c(c1)OCCO2. The summed E-state index contributed by atoms with van der Waals surface area (Å²) in [5, 5.41) is 3.41. The van der Waals surface area contributed by atoms with Gasteiger partial charge in [0.2, 0.25) is 0 Å². The number of nitrogens with zero attached hydrogens (tertiary/aromatic N) is 1. The summed E-state index contributed by atoms with van der Waals surface area (Å²) in [6, 6.07) is 6.53. The summed E-state index contributed by atoms with van der Waals surface area (Å²) in [7, 11) is 2.01. The summed E-state index contributed by atoms with van der Waals surface area (Å²) in [5.41, 5.74) is 1.24. The number of benzene rings is 1. The smallest absolute Gasteiger partial charge is 0.161 e. The molecule has 1 N–H and O–H groups in total. The molecule has 0 aromatic heterocycles. The van der Waals surface area contributed by atoms with E-state index in [9.17, 15) is 0 Å². The van der Waals surface area contributed by atoms with Gasteiger partial charge in [0, 0.05) is 32.3 Å². The molecule has 1 fully saturated rings. The van der Waals surface area contributed by atoms with E-state index in [4.69, 9.17) is 14.2 Å². The molecule has 21 heavy (non-hydrogen) atoms. The molecule has 3 rings (SSSR count). The maximum Gasteiger partial charge on any atom is 0.161 e. The Kier molecular flexibility index (Phi) is 4.95. The summed E-state index contributed by atoms with van der Waals surface area (Å²) in [6.07, 6.45) is 1.11. The number of hydrogen-bond acceptors (Lipinski definition) is 5. The van der Waals surface area contributed by atoms with E-state index in [0.717, 1.165) is 50.8 Å². The third-order valence-electron chi connectivity index (χ3n) is 4.07. The summed E-state index contributed by atoms with van der Waals surface area (Å²) in [6.45, 7) is 6.06. The molecule has 1 aromatic carbocycles. The lowest BCUT2D eigenvalue weighted by Gasteiger charge is -2.27. The van der Waals surface area contributed by atoms with Crippen molar-refractivity contribution in [1.82, 2.24) is 10.2 Å². The average Bonchev–Trinajstić information content (AvgIpc) is 2.81. The minimum absolute atomic E-state index is 0.291. The lowest BCUT2D eigenvalue weighted by atomic mass is 10.1. The molecule has 2 heterocycles. The molecule has 1 unspecified atom stereocenters. The van der Waals surface area contributed by atoms with Crippen LogP contribution < -0.4 is 14.8 Å². The molecule has 0 spiro atoms. The number of ether oxygens (including phenoxy) is 3. The Morgan fingerprint density at radius 1 is 1.10 bits per heavy atom. The number of hydrogen-bond donors (Lipinski definition) is 1. The predicted molar refractivity (Wildman–Crippen MR) is 81.1 cm³/mol. The van der Waals surface area contributed by atoms with Gasteiger partial charge in [-0.15, -0.1) is 0 Å². The molecule has 0 aliphatic carbocycles. The van der Waals surface area contributed by atoms with Gasteiger partial charge in [0.1, 0.15) is 13.2 Å². The first-order valence-corrected chi connectivity index (χ1v) is 7.74. The van der Waals surface area contributed by atoms with E-state index in [1.165, 1.54) is 5.56 Å². The third kappa shape index (κ3) is 3.67. The number of rotatable bonds is 4. The van der Waals surface area contributed by atoms with E-state index in [0.29, 0.717) is 19.3 Å². The van der Waals surface area contributed by atoms with Crippen molar-refractivity contribution in [2.45, 2.75) is 12.5 Å². The molecule has 0 radical (unpaired) electrons. The number of fused-ring (bicyclic) bond motifs is 1. The van der Waals surface area contributed by atoms with Crippen molar-refractivity contribution < 1.29 is 14.2 Å². The van der Waals surface area contributed by atoms with E-state index >= 15 is 0 Å². The van der Waals surface area contributed by atoms with E-state index in [1.807, 2.05) is 13.1 Å². The third-order valence-corrected chi connectivity index (χ3v) is 4.07. The monoisotopic (exact) mass is 292 g/mol. The van der Waals surface area contributed by atoms with Gasteiger partial charge in [-0.2, -0.15) is 0 Å². The largest absolute Gasteiger partial charge is 0.486 e. The highest BCUT2D eigenvalue weighted by Gasteiger charge is 2.19. The van der Waals surface area contributed by atoms with Crippen LogP contribution in [0.2, 0.25) is 0 Å². The molecule has 0 saturated carbocycles. The molecule has 5 heteroatoms. The van der Waals surface area contributed by atoms with Crippen LogP contribution in [-0.2, 0) is 4.74 Å². The van der Waals surface area contributed by atoms with Gasteiger partial charge >= 0.3 is 0 Å². The number of nitrogens with one attached hydrogen (secondary N) is 1. The van der Waals surface area contributed by atoms with Crippen LogP contribution in [0, 0.1) is 0 Å². The van der Waals surface area contributed by atoms with E-state index in [1.54, 1.807) is 0 Å². The Bertz CT molecular complexity index is 459. The fourth-order valence-corrected chi connectivity index (χ4v) is 2.88. The second kappa shape index (κ2) is 7.11. The van der Waals surface area contributed by atoms with Gasteiger partial charge < -0.3 is 19.5 Å². The summed E-state index contributed by atoms with van der Waals surface area (Å²) in [4.78, 5) is 2.46. The topological polar surface area (TPSA) is 43.0 Å². The van der Waals surface area contributed by atoms with Gasteiger partial charge in [0.15, 0.2) is 11.5 Å². The lowest BCUT2D eigenvalue weighted by molar-refractivity contribution is 0.139. The highest BCUT2D eigenvalue weighted by Crippen LogP contribution is 2.32. The Labute approximate surface area is 126 Å². The van der Waals surface area contributed by atoms with E-state index in [-0.39, 0.29) is 0 Å². The standard InChI is InChI=1S/C16H24N2O3/c1-17-14(12-18-5-2-7-19-8-6-18)13-3-4-15-16(11-13)21-10-9-20-15/h3-4,11,14,17H,2,5-10,12H2,1H3. The maximum atomic E-state index is 5.68. The first-order valence-electron chi connectivity index (χ1n) is 7.74. The van der Waals surface area contributed by atoms with Crippen LogP contribution in [0.3, 0.4) is 0 Å². The quantitative estimate of drug-likeness (QED) is 0.909. The first kappa shape index (κ1) is 14.6. The molecule has 5 nitrogen and oxygen atoms in total. The van der Waals surface area contributed by atoms with E-state index in [2.05, 4.69) is 22.3 Å². The molecule has 2 aliphatic heterocycles. The highest BCUT2D eigenvalue weighted by atomic mass is 16.6. The minimum atomic E-state index is 0.291. The Morgan fingerprint density at radius 2 is 1.95 bits per heavy atom.